The molecule has 1 aromatic carbocycles. The number of carbonyl (C=O) groups is 2. The molecule has 22 heavy (non-hydrogen) atoms. The first-order chi connectivity index (χ1) is 10.6. The van der Waals surface area contributed by atoms with E-state index in [-0.39, 0.29) is 29.5 Å². The van der Waals surface area contributed by atoms with Crippen molar-refractivity contribution in [1.82, 2.24) is 10.2 Å². The predicted octanol–water partition coefficient (Wildman–Crippen LogP) is 2.30. The lowest BCUT2D eigenvalue weighted by atomic mass is 9.88. The summed E-state index contributed by atoms with van der Waals surface area (Å²) in [5, 5.41) is 2.90. The molecule has 4 nitrogen and oxygen atoms in total. The van der Waals surface area contributed by atoms with Gasteiger partial charge >= 0.3 is 0 Å². The Morgan fingerprint density at radius 1 is 1.32 bits per heavy atom. The zero-order chi connectivity index (χ0) is 16.1. The van der Waals surface area contributed by atoms with E-state index in [1.54, 1.807) is 11.0 Å². The number of nitrogens with one attached hydrogen (secondary N) is 1. The molecule has 1 fully saturated rings. The number of benzene rings is 1. The maximum absolute atomic E-state index is 13.5. The molecule has 0 aliphatic carbocycles. The van der Waals surface area contributed by atoms with E-state index >= 15 is 0 Å². The van der Waals surface area contributed by atoms with Gasteiger partial charge in [0.25, 0.3) is 0 Å². The monoisotopic (exact) mass is 306 g/mol. The van der Waals surface area contributed by atoms with Crippen molar-refractivity contribution in [3.8, 4) is 0 Å². The summed E-state index contributed by atoms with van der Waals surface area (Å²) >= 11 is 0. The quantitative estimate of drug-likeness (QED) is 0.907. The lowest BCUT2D eigenvalue weighted by Gasteiger charge is -2.18. The molecule has 0 radical (unpaired) electrons. The fraction of sp³-hybridized carbons (Fsp3) is 0.529. The molecule has 1 aliphatic rings. The number of nitrogens with zero attached hydrogens (tertiary/aromatic N) is 1. The van der Waals surface area contributed by atoms with Gasteiger partial charge in [0.15, 0.2) is 0 Å². The summed E-state index contributed by atoms with van der Waals surface area (Å²) in [5.41, 5.74) is 0.781. The fourth-order valence-corrected chi connectivity index (χ4v) is 2.95. The van der Waals surface area contributed by atoms with E-state index in [1.165, 1.54) is 12.1 Å². The van der Waals surface area contributed by atoms with Crippen molar-refractivity contribution in [2.75, 3.05) is 19.6 Å². The molecule has 2 rings (SSSR count). The first-order valence-corrected chi connectivity index (χ1v) is 7.87. The van der Waals surface area contributed by atoms with Crippen LogP contribution in [-0.4, -0.2) is 36.3 Å². The second-order valence-corrected chi connectivity index (χ2v) is 5.71. The van der Waals surface area contributed by atoms with Gasteiger partial charge in [0.2, 0.25) is 11.8 Å². The third-order valence-corrected chi connectivity index (χ3v) is 4.14. The molecule has 1 aliphatic heterocycles. The number of halogens is 1. The summed E-state index contributed by atoms with van der Waals surface area (Å²) in [7, 11) is 0. The molecule has 0 bridgehead atoms. The molecule has 1 aromatic rings. The van der Waals surface area contributed by atoms with Crippen LogP contribution in [0.2, 0.25) is 0 Å². The highest BCUT2D eigenvalue weighted by molar-refractivity contribution is 5.83. The standard InChI is InChI=1S/C17H23FN2O2/c1-3-8-19-17(22)15-11-20(16(21)4-2)10-14(15)12-6-5-7-13(18)9-12/h5-7,9,14-15H,3-4,8,10-11H2,1-2H3,(H,19,22)/t14-,15-/m0/s1. The minimum atomic E-state index is -0.316. The molecule has 0 saturated carbocycles. The van der Waals surface area contributed by atoms with Gasteiger partial charge in [-0.05, 0) is 24.1 Å². The largest absolute Gasteiger partial charge is 0.356 e. The van der Waals surface area contributed by atoms with Crippen molar-refractivity contribution >= 4 is 11.8 Å². The molecular formula is C17H23FN2O2. The first kappa shape index (κ1) is 16.5. The van der Waals surface area contributed by atoms with Crippen LogP contribution in [0.25, 0.3) is 0 Å². The van der Waals surface area contributed by atoms with Crippen LogP contribution >= 0.6 is 0 Å². The third-order valence-electron chi connectivity index (χ3n) is 4.14. The molecule has 120 valence electrons. The molecule has 0 aromatic heterocycles. The Morgan fingerprint density at radius 3 is 2.73 bits per heavy atom. The lowest BCUT2D eigenvalue weighted by Crippen LogP contribution is -2.35. The topological polar surface area (TPSA) is 49.4 Å². The van der Waals surface area contributed by atoms with Crippen molar-refractivity contribution in [3.63, 3.8) is 0 Å². The fourth-order valence-electron chi connectivity index (χ4n) is 2.95. The molecule has 1 heterocycles. The summed E-state index contributed by atoms with van der Waals surface area (Å²) in [5.74, 6) is -0.799. The normalized spacial score (nSPS) is 21.0. The van der Waals surface area contributed by atoms with Gasteiger partial charge in [-0.1, -0.05) is 26.0 Å². The van der Waals surface area contributed by atoms with Gasteiger partial charge in [-0.25, -0.2) is 4.39 Å². The lowest BCUT2D eigenvalue weighted by molar-refractivity contribution is -0.130. The van der Waals surface area contributed by atoms with Crippen LogP contribution in [0.1, 0.15) is 38.2 Å². The second kappa shape index (κ2) is 7.38. The highest BCUT2D eigenvalue weighted by Gasteiger charge is 2.39. The highest BCUT2D eigenvalue weighted by atomic mass is 19.1. The minimum Gasteiger partial charge on any atom is -0.356 e. The van der Waals surface area contributed by atoms with Crippen LogP contribution in [0.5, 0.6) is 0 Å². The number of amides is 2. The zero-order valence-electron chi connectivity index (χ0n) is 13.1. The molecular weight excluding hydrogens is 283 g/mol. The van der Waals surface area contributed by atoms with Gasteiger partial charge < -0.3 is 10.2 Å². The van der Waals surface area contributed by atoms with Crippen LogP contribution < -0.4 is 5.32 Å². The van der Waals surface area contributed by atoms with Gasteiger partial charge in [-0.2, -0.15) is 0 Å². The maximum atomic E-state index is 13.5. The van der Waals surface area contributed by atoms with Crippen LogP contribution in [0.3, 0.4) is 0 Å². The summed E-state index contributed by atoms with van der Waals surface area (Å²) in [6.07, 6.45) is 1.28. The van der Waals surface area contributed by atoms with Crippen LogP contribution in [0, 0.1) is 11.7 Å². The van der Waals surface area contributed by atoms with Gasteiger partial charge in [-0.3, -0.25) is 9.59 Å². The summed E-state index contributed by atoms with van der Waals surface area (Å²) in [4.78, 5) is 26.1. The van der Waals surface area contributed by atoms with Crippen molar-refractivity contribution in [2.45, 2.75) is 32.6 Å². The van der Waals surface area contributed by atoms with E-state index in [2.05, 4.69) is 5.32 Å². The van der Waals surface area contributed by atoms with E-state index in [0.29, 0.717) is 26.1 Å². The van der Waals surface area contributed by atoms with Crippen LogP contribution in [0.4, 0.5) is 4.39 Å². The third kappa shape index (κ3) is 3.64. The predicted molar refractivity (Wildman–Crippen MR) is 82.8 cm³/mol. The van der Waals surface area contributed by atoms with Crippen molar-refractivity contribution in [2.24, 2.45) is 5.92 Å². The number of rotatable bonds is 5. The first-order valence-electron chi connectivity index (χ1n) is 7.87. The molecule has 1 N–H and O–H groups in total. The molecule has 0 unspecified atom stereocenters. The van der Waals surface area contributed by atoms with Crippen LogP contribution in [0.15, 0.2) is 24.3 Å². The smallest absolute Gasteiger partial charge is 0.225 e. The number of carbonyl (C=O) groups excluding carboxylic acids is 2. The van der Waals surface area contributed by atoms with Gasteiger partial charge in [0.1, 0.15) is 5.82 Å². The van der Waals surface area contributed by atoms with Crippen LogP contribution in [-0.2, 0) is 9.59 Å². The number of hydrogen-bond donors (Lipinski definition) is 1. The summed E-state index contributed by atoms with van der Waals surface area (Å²) < 4.78 is 13.5. The summed E-state index contributed by atoms with van der Waals surface area (Å²) in [6, 6.07) is 6.33. The zero-order valence-corrected chi connectivity index (χ0v) is 13.1. The van der Waals surface area contributed by atoms with Crippen molar-refractivity contribution in [1.29, 1.82) is 0 Å². The Labute approximate surface area is 130 Å². The van der Waals surface area contributed by atoms with E-state index in [4.69, 9.17) is 0 Å². The van der Waals surface area contributed by atoms with Crippen molar-refractivity contribution < 1.29 is 14.0 Å². The molecule has 5 heteroatoms. The Balaban J connectivity index is 2.22. The SMILES string of the molecule is CCCNC(=O)[C@H]1CN(C(=O)CC)C[C@H]1c1cccc(F)c1. The molecule has 2 amide bonds. The van der Waals surface area contributed by atoms with Gasteiger partial charge in [0, 0.05) is 32.0 Å². The molecule has 2 atom stereocenters. The van der Waals surface area contributed by atoms with E-state index in [0.717, 1.165) is 12.0 Å². The van der Waals surface area contributed by atoms with Gasteiger partial charge in [0.05, 0.1) is 5.92 Å². The molecule has 0 spiro atoms. The second-order valence-electron chi connectivity index (χ2n) is 5.71. The minimum absolute atomic E-state index is 0.0344. The Hall–Kier alpha value is -1.91. The number of hydrogen-bond acceptors (Lipinski definition) is 2. The average Bonchev–Trinajstić information content (AvgIpc) is 2.97. The van der Waals surface area contributed by atoms with E-state index < -0.39 is 0 Å². The summed E-state index contributed by atoms with van der Waals surface area (Å²) in [6.45, 7) is 5.30. The molecule has 1 saturated heterocycles. The Kier molecular flexibility index (Phi) is 5.52. The maximum Gasteiger partial charge on any atom is 0.225 e. The van der Waals surface area contributed by atoms with Crippen molar-refractivity contribution in [3.05, 3.63) is 35.6 Å². The Morgan fingerprint density at radius 2 is 2.09 bits per heavy atom. The number of likely N-dealkylation sites (tertiary alicyclic amines) is 1. The van der Waals surface area contributed by atoms with Gasteiger partial charge in [-0.15, -0.1) is 0 Å². The highest BCUT2D eigenvalue weighted by Crippen LogP contribution is 2.33. The van der Waals surface area contributed by atoms with E-state index in [9.17, 15) is 14.0 Å². The Bertz CT molecular complexity index is 547. The van der Waals surface area contributed by atoms with E-state index in [1.807, 2.05) is 19.9 Å². The average molecular weight is 306 g/mol.